The second-order valence-electron chi connectivity index (χ2n) is 6.14. The highest BCUT2D eigenvalue weighted by molar-refractivity contribution is 4.80. The molecule has 1 saturated heterocycles. The fraction of sp³-hybridized carbons (Fsp3) is 1.00. The molecule has 1 aliphatic rings. The van der Waals surface area contributed by atoms with Gasteiger partial charge in [-0.3, -0.25) is 0 Å². The monoisotopic (exact) mass is 276 g/mol. The van der Waals surface area contributed by atoms with Gasteiger partial charge in [0.15, 0.2) is 11.6 Å². The average Bonchev–Trinajstić information content (AvgIpc) is 2.48. The van der Waals surface area contributed by atoms with Crippen molar-refractivity contribution in [1.82, 2.24) is 0 Å². The van der Waals surface area contributed by atoms with Crippen LogP contribution in [0.4, 0.5) is 0 Å². The number of unbranched alkanes of at least 4 members (excludes halogenated alkanes) is 1. The second-order valence-corrected chi connectivity index (χ2v) is 6.14. The minimum absolute atomic E-state index is 0.321. The number of ether oxygens (including phenoxy) is 2. The molecule has 1 aliphatic heterocycles. The highest BCUT2D eigenvalue weighted by Crippen LogP contribution is 2.32. The van der Waals surface area contributed by atoms with Crippen molar-refractivity contribution in [2.24, 2.45) is 0 Å². The van der Waals surface area contributed by atoms with Crippen molar-refractivity contribution in [2.75, 3.05) is 0 Å². The molecule has 0 aromatic rings. The molecule has 0 radical (unpaired) electrons. The topological polar surface area (TPSA) is 58.9 Å². The lowest BCUT2D eigenvalue weighted by Crippen LogP contribution is -2.22. The lowest BCUT2D eigenvalue weighted by Gasteiger charge is -2.16. The smallest absolute Gasteiger partial charge is 0.163 e. The van der Waals surface area contributed by atoms with Gasteiger partial charge < -0.3 is 19.7 Å². The van der Waals surface area contributed by atoms with E-state index in [9.17, 15) is 0 Å². The summed E-state index contributed by atoms with van der Waals surface area (Å²) in [4.78, 5) is 0. The summed E-state index contributed by atoms with van der Waals surface area (Å²) in [6, 6.07) is 0. The van der Waals surface area contributed by atoms with Crippen molar-refractivity contribution in [1.29, 1.82) is 0 Å². The van der Waals surface area contributed by atoms with Gasteiger partial charge in [-0.25, -0.2) is 0 Å². The third kappa shape index (κ3) is 10.3. The highest BCUT2D eigenvalue weighted by Gasteiger charge is 2.39. The molecule has 2 atom stereocenters. The van der Waals surface area contributed by atoms with E-state index in [2.05, 4.69) is 13.8 Å². The zero-order valence-corrected chi connectivity index (χ0v) is 13.4. The minimum atomic E-state index is -1.50. The Balaban J connectivity index is 0.000000555. The fourth-order valence-electron chi connectivity index (χ4n) is 2.09. The normalized spacial score (nSPS) is 25.9. The summed E-state index contributed by atoms with van der Waals surface area (Å²) >= 11 is 0. The predicted octanol–water partition coefficient (Wildman–Crippen LogP) is 3.20. The molecule has 0 aromatic heterocycles. The van der Waals surface area contributed by atoms with E-state index in [1.807, 2.05) is 13.8 Å². The second kappa shape index (κ2) is 8.20. The Hall–Kier alpha value is -0.160. The fourth-order valence-corrected chi connectivity index (χ4v) is 2.09. The summed E-state index contributed by atoms with van der Waals surface area (Å²) in [5, 5.41) is 16.2. The van der Waals surface area contributed by atoms with E-state index < -0.39 is 5.79 Å². The molecule has 0 saturated carbocycles. The molecule has 19 heavy (non-hydrogen) atoms. The predicted molar refractivity (Wildman–Crippen MR) is 76.8 cm³/mol. The van der Waals surface area contributed by atoms with Gasteiger partial charge in [0, 0.05) is 0 Å². The maximum Gasteiger partial charge on any atom is 0.163 e. The van der Waals surface area contributed by atoms with Gasteiger partial charge in [-0.2, -0.15) is 0 Å². The summed E-state index contributed by atoms with van der Waals surface area (Å²) in [7, 11) is 0. The van der Waals surface area contributed by atoms with Gasteiger partial charge in [-0.15, -0.1) is 0 Å². The van der Waals surface area contributed by atoms with Gasteiger partial charge in [0.25, 0.3) is 0 Å². The molecule has 2 unspecified atom stereocenters. The van der Waals surface area contributed by atoms with E-state index in [-0.39, 0.29) is 5.79 Å². The Bertz CT molecular complexity index is 227. The Morgan fingerprint density at radius 1 is 0.947 bits per heavy atom. The molecule has 0 aliphatic carbocycles. The zero-order valence-electron chi connectivity index (χ0n) is 13.4. The number of aliphatic hydroxyl groups is 2. The van der Waals surface area contributed by atoms with Crippen molar-refractivity contribution in [2.45, 2.75) is 97.4 Å². The van der Waals surface area contributed by atoms with Crippen LogP contribution in [0.5, 0.6) is 0 Å². The molecule has 0 aromatic carbocycles. The quantitative estimate of drug-likeness (QED) is 0.757. The van der Waals surface area contributed by atoms with E-state index in [4.69, 9.17) is 19.7 Å². The van der Waals surface area contributed by atoms with Crippen LogP contribution in [0.25, 0.3) is 0 Å². The van der Waals surface area contributed by atoms with Gasteiger partial charge in [0.2, 0.25) is 0 Å². The maximum absolute atomic E-state index is 8.08. The first-order valence-corrected chi connectivity index (χ1v) is 7.39. The molecular formula is C15H32O4. The van der Waals surface area contributed by atoms with Gasteiger partial charge in [-0.05, 0) is 40.5 Å². The van der Waals surface area contributed by atoms with Crippen molar-refractivity contribution < 1.29 is 19.7 Å². The van der Waals surface area contributed by atoms with Gasteiger partial charge in [0.1, 0.15) is 0 Å². The van der Waals surface area contributed by atoms with Crippen LogP contribution in [0, 0.1) is 0 Å². The third-order valence-corrected chi connectivity index (χ3v) is 2.70. The summed E-state index contributed by atoms with van der Waals surface area (Å²) in [6.45, 7) is 11.0. The largest absolute Gasteiger partial charge is 0.366 e. The summed E-state index contributed by atoms with van der Waals surface area (Å²) in [5.74, 6) is -1.86. The summed E-state index contributed by atoms with van der Waals surface area (Å²) in [6.07, 6.45) is 6.56. The Labute approximate surface area is 118 Å². The van der Waals surface area contributed by atoms with E-state index in [1.54, 1.807) is 0 Å². The maximum atomic E-state index is 8.08. The zero-order chi connectivity index (χ0) is 15.1. The van der Waals surface area contributed by atoms with Crippen molar-refractivity contribution >= 4 is 0 Å². The van der Waals surface area contributed by atoms with E-state index in [1.165, 1.54) is 33.1 Å². The van der Waals surface area contributed by atoms with Crippen LogP contribution in [-0.4, -0.2) is 34.0 Å². The molecule has 1 rings (SSSR count). The Morgan fingerprint density at radius 2 is 1.37 bits per heavy atom. The molecule has 1 heterocycles. The van der Waals surface area contributed by atoms with Crippen molar-refractivity contribution in [3.8, 4) is 0 Å². The number of hydrogen-bond acceptors (Lipinski definition) is 4. The highest BCUT2D eigenvalue weighted by atomic mass is 16.7. The number of rotatable bonds is 5. The van der Waals surface area contributed by atoms with E-state index >= 15 is 0 Å². The molecule has 2 N–H and O–H groups in total. The van der Waals surface area contributed by atoms with Crippen LogP contribution in [-0.2, 0) is 9.47 Å². The van der Waals surface area contributed by atoms with Gasteiger partial charge in [0.05, 0.1) is 12.2 Å². The summed E-state index contributed by atoms with van der Waals surface area (Å²) < 4.78 is 11.8. The lowest BCUT2D eigenvalue weighted by molar-refractivity contribution is -0.147. The van der Waals surface area contributed by atoms with Crippen LogP contribution in [0.2, 0.25) is 0 Å². The van der Waals surface area contributed by atoms with E-state index in [0.29, 0.717) is 12.2 Å². The minimum Gasteiger partial charge on any atom is -0.366 e. The first-order chi connectivity index (χ1) is 8.59. The van der Waals surface area contributed by atoms with Crippen molar-refractivity contribution in [3.05, 3.63) is 0 Å². The molecule has 4 nitrogen and oxygen atoms in total. The molecule has 116 valence electrons. The average molecular weight is 276 g/mol. The lowest BCUT2D eigenvalue weighted by atomic mass is 10.0. The molecule has 1 fully saturated rings. The SMILES string of the molecule is CC(C)(O)O.CCCCC1OC(C)(C)OC1CCC. The molecule has 0 spiro atoms. The molecule has 0 amide bonds. The molecule has 4 heteroatoms. The van der Waals surface area contributed by atoms with Crippen LogP contribution in [0.1, 0.15) is 73.6 Å². The number of hydrogen-bond donors (Lipinski definition) is 2. The Kier molecular flexibility index (Phi) is 8.13. The standard InChI is InChI=1S/C12H24O2.C3H8O2/c1-5-7-9-11-10(8-6-2)13-12(3,4)14-11;1-3(2,4)5/h10-11H,5-9H2,1-4H3;4-5H,1-2H3. The van der Waals surface area contributed by atoms with Gasteiger partial charge in [-0.1, -0.05) is 33.1 Å². The third-order valence-electron chi connectivity index (χ3n) is 2.70. The van der Waals surface area contributed by atoms with Crippen LogP contribution >= 0.6 is 0 Å². The van der Waals surface area contributed by atoms with Crippen LogP contribution < -0.4 is 0 Å². The van der Waals surface area contributed by atoms with Crippen LogP contribution in [0.3, 0.4) is 0 Å². The molecular weight excluding hydrogens is 244 g/mol. The van der Waals surface area contributed by atoms with E-state index in [0.717, 1.165) is 12.8 Å². The summed E-state index contributed by atoms with van der Waals surface area (Å²) in [5.41, 5.74) is 0. The Morgan fingerprint density at radius 3 is 1.74 bits per heavy atom. The molecule has 0 bridgehead atoms. The first-order valence-electron chi connectivity index (χ1n) is 7.39. The first kappa shape index (κ1) is 18.8. The van der Waals surface area contributed by atoms with Crippen LogP contribution in [0.15, 0.2) is 0 Å². The van der Waals surface area contributed by atoms with Gasteiger partial charge >= 0.3 is 0 Å². The van der Waals surface area contributed by atoms with Crippen molar-refractivity contribution in [3.63, 3.8) is 0 Å².